The number of hydrogen-bond acceptors (Lipinski definition) is 3. The molecule has 1 rings (SSSR count). The molecule has 0 saturated carbocycles. The number of carbonyl (C=O) groups excluding carboxylic acids is 1. The third kappa shape index (κ3) is 5.22. The maximum atomic E-state index is 11.7. The number of nitrogens with one attached hydrogen (secondary N) is 2. The molecule has 1 aromatic carbocycles. The topological polar surface area (TPSA) is 87.0 Å². The van der Waals surface area contributed by atoms with Gasteiger partial charge in [-0.05, 0) is 26.0 Å². The molecule has 1 amide bonds. The number of allylic oxidation sites excluding steroid dienone is 1. The van der Waals surface area contributed by atoms with Crippen molar-refractivity contribution in [3.05, 3.63) is 41.6 Å². The molecular formula is C11H13N2NaO3S. The quantitative estimate of drug-likeness (QED) is 0.576. The molecule has 0 aliphatic rings. The van der Waals surface area contributed by atoms with Crippen molar-refractivity contribution in [1.29, 1.82) is 0 Å². The number of benzene rings is 1. The molecule has 0 fully saturated rings. The molecule has 7 heteroatoms. The summed E-state index contributed by atoms with van der Waals surface area (Å²) in [7, 11) is -3.85. The van der Waals surface area contributed by atoms with E-state index in [-0.39, 0.29) is 40.1 Å². The Hall–Kier alpha value is -0.820. The minimum Gasteiger partial charge on any atom is -0.699 e. The third-order valence-corrected chi connectivity index (χ3v) is 3.18. The van der Waals surface area contributed by atoms with Crippen LogP contribution in [0.2, 0.25) is 0 Å². The molecule has 0 aromatic heterocycles. The zero-order valence-electron chi connectivity index (χ0n) is 10.5. The fourth-order valence-electron chi connectivity index (χ4n) is 1.12. The Morgan fingerprint density at radius 2 is 1.72 bits per heavy atom. The summed E-state index contributed by atoms with van der Waals surface area (Å²) in [4.78, 5) is 11.3. The van der Waals surface area contributed by atoms with Crippen LogP contribution in [0.4, 0.5) is 5.69 Å². The largest absolute Gasteiger partial charge is 1.00 e. The van der Waals surface area contributed by atoms with Crippen LogP contribution < -0.4 is 34.3 Å². The van der Waals surface area contributed by atoms with Crippen molar-refractivity contribution >= 4 is 21.6 Å². The summed E-state index contributed by atoms with van der Waals surface area (Å²) in [6.45, 7) is 3.39. The van der Waals surface area contributed by atoms with Gasteiger partial charge in [-0.15, -0.1) is 5.69 Å². The minimum atomic E-state index is -3.85. The Kier molecular flexibility index (Phi) is 6.62. The summed E-state index contributed by atoms with van der Waals surface area (Å²) in [5.74, 6) is -0.681. The Bertz CT molecular complexity index is 546. The van der Waals surface area contributed by atoms with Crippen molar-refractivity contribution in [3.8, 4) is 0 Å². The smallest absolute Gasteiger partial charge is 0.699 e. The SMILES string of the molecule is CC(C)=CC(=O)NS(=O)(=O)c1ccc([NH-])cc1.[Na+]. The predicted octanol–water partition coefficient (Wildman–Crippen LogP) is -0.855. The molecule has 0 aliphatic carbocycles. The first-order valence-electron chi connectivity index (χ1n) is 4.84. The molecule has 92 valence electrons. The van der Waals surface area contributed by atoms with Gasteiger partial charge in [-0.2, -0.15) is 0 Å². The van der Waals surface area contributed by atoms with Crippen molar-refractivity contribution in [2.45, 2.75) is 18.7 Å². The summed E-state index contributed by atoms with van der Waals surface area (Å²) in [6, 6.07) is 5.25. The Labute approximate surface area is 129 Å². The normalized spacial score (nSPS) is 10.1. The summed E-state index contributed by atoms with van der Waals surface area (Å²) >= 11 is 0. The molecular weight excluding hydrogens is 263 g/mol. The van der Waals surface area contributed by atoms with E-state index in [1.165, 1.54) is 30.3 Å². The maximum Gasteiger partial charge on any atom is 1.00 e. The van der Waals surface area contributed by atoms with Crippen LogP contribution >= 0.6 is 0 Å². The van der Waals surface area contributed by atoms with Crippen molar-refractivity contribution in [3.63, 3.8) is 0 Å². The van der Waals surface area contributed by atoms with Gasteiger partial charge in [0, 0.05) is 6.08 Å². The second-order valence-electron chi connectivity index (χ2n) is 3.72. The average molecular weight is 276 g/mol. The minimum absolute atomic E-state index is 0. The van der Waals surface area contributed by atoms with Crippen LogP contribution in [-0.2, 0) is 14.8 Å². The fraction of sp³-hybridized carbons (Fsp3) is 0.182. The first-order chi connectivity index (χ1) is 7.81. The zero-order valence-corrected chi connectivity index (χ0v) is 13.3. The number of sulfonamides is 1. The maximum absolute atomic E-state index is 11.7. The molecule has 0 aliphatic heterocycles. The first kappa shape index (κ1) is 17.2. The Morgan fingerprint density at radius 3 is 2.17 bits per heavy atom. The van der Waals surface area contributed by atoms with Gasteiger partial charge in [0.05, 0.1) is 4.90 Å². The molecule has 0 atom stereocenters. The van der Waals surface area contributed by atoms with Gasteiger partial charge in [0.2, 0.25) is 0 Å². The molecule has 0 saturated heterocycles. The number of amides is 1. The van der Waals surface area contributed by atoms with Crippen LogP contribution in [0.1, 0.15) is 13.8 Å². The summed E-state index contributed by atoms with van der Waals surface area (Å²) < 4.78 is 25.3. The van der Waals surface area contributed by atoms with E-state index in [4.69, 9.17) is 5.73 Å². The fourth-order valence-corrected chi connectivity index (χ4v) is 2.05. The van der Waals surface area contributed by atoms with Gasteiger partial charge in [-0.25, -0.2) is 13.1 Å². The van der Waals surface area contributed by atoms with Crippen LogP contribution in [0.15, 0.2) is 40.8 Å². The first-order valence-corrected chi connectivity index (χ1v) is 6.33. The van der Waals surface area contributed by atoms with E-state index in [9.17, 15) is 13.2 Å². The molecule has 0 spiro atoms. The molecule has 0 bridgehead atoms. The van der Waals surface area contributed by atoms with E-state index >= 15 is 0 Å². The van der Waals surface area contributed by atoms with Gasteiger partial charge in [0.15, 0.2) is 0 Å². The van der Waals surface area contributed by atoms with Crippen LogP contribution in [0.5, 0.6) is 0 Å². The van der Waals surface area contributed by atoms with E-state index in [1.54, 1.807) is 13.8 Å². The Morgan fingerprint density at radius 1 is 1.22 bits per heavy atom. The molecule has 5 nitrogen and oxygen atoms in total. The van der Waals surface area contributed by atoms with Gasteiger partial charge >= 0.3 is 29.6 Å². The molecule has 0 radical (unpaired) electrons. The van der Waals surface area contributed by atoms with Gasteiger partial charge in [0.1, 0.15) is 0 Å². The number of rotatable bonds is 3. The molecule has 0 unspecified atom stereocenters. The van der Waals surface area contributed by atoms with Crippen LogP contribution in [-0.4, -0.2) is 14.3 Å². The van der Waals surface area contributed by atoms with E-state index in [0.29, 0.717) is 5.57 Å². The number of hydrogen-bond donors (Lipinski definition) is 1. The summed E-state index contributed by atoms with van der Waals surface area (Å²) in [5.41, 5.74) is 8.15. The van der Waals surface area contributed by atoms with Gasteiger partial charge in [-0.1, -0.05) is 17.7 Å². The molecule has 0 heterocycles. The van der Waals surface area contributed by atoms with E-state index in [2.05, 4.69) is 0 Å². The zero-order chi connectivity index (χ0) is 13.1. The number of carbonyl (C=O) groups is 1. The van der Waals surface area contributed by atoms with Gasteiger partial charge in [0.25, 0.3) is 15.9 Å². The molecule has 2 N–H and O–H groups in total. The average Bonchev–Trinajstić information content (AvgIpc) is 2.15. The van der Waals surface area contributed by atoms with Crippen LogP contribution in [0.25, 0.3) is 5.73 Å². The van der Waals surface area contributed by atoms with Crippen LogP contribution in [0, 0.1) is 0 Å². The standard InChI is InChI=1S/C11H13N2O3S.Na/c1-8(2)7-11(14)13-17(15,16)10-5-3-9(12)4-6-10;/h3-7,12H,1-2H3,(H,13,14);/q-1;+1. The predicted molar refractivity (Wildman–Crippen MR) is 65.2 cm³/mol. The van der Waals surface area contributed by atoms with Gasteiger partial charge in [-0.3, -0.25) is 4.79 Å². The van der Waals surface area contributed by atoms with E-state index < -0.39 is 15.9 Å². The summed E-state index contributed by atoms with van der Waals surface area (Å²) in [6.07, 6.45) is 1.20. The van der Waals surface area contributed by atoms with E-state index in [1.807, 2.05) is 4.72 Å². The Balaban J connectivity index is 0.00000289. The van der Waals surface area contributed by atoms with Gasteiger partial charge < -0.3 is 5.73 Å². The van der Waals surface area contributed by atoms with Crippen molar-refractivity contribution in [1.82, 2.24) is 4.72 Å². The van der Waals surface area contributed by atoms with Crippen molar-refractivity contribution in [2.24, 2.45) is 0 Å². The summed E-state index contributed by atoms with van der Waals surface area (Å²) in [5, 5.41) is 0. The third-order valence-electron chi connectivity index (χ3n) is 1.82. The van der Waals surface area contributed by atoms with Crippen molar-refractivity contribution in [2.75, 3.05) is 0 Å². The monoisotopic (exact) mass is 276 g/mol. The molecule has 18 heavy (non-hydrogen) atoms. The second kappa shape index (κ2) is 6.94. The van der Waals surface area contributed by atoms with Crippen molar-refractivity contribution < 1.29 is 42.8 Å². The second-order valence-corrected chi connectivity index (χ2v) is 5.40. The van der Waals surface area contributed by atoms with E-state index in [0.717, 1.165) is 0 Å². The molecule has 1 aromatic rings. The van der Waals surface area contributed by atoms with Crippen LogP contribution in [0.3, 0.4) is 0 Å².